The monoisotopic (exact) mass is 190 g/mol. The molecule has 70 valence electrons. The Morgan fingerprint density at radius 1 is 1.07 bits per heavy atom. The molecule has 0 amide bonds. The van der Waals surface area contributed by atoms with E-state index in [2.05, 4.69) is 16.4 Å². The van der Waals surface area contributed by atoms with Crippen LogP contribution in [0.2, 0.25) is 0 Å². The van der Waals surface area contributed by atoms with E-state index in [-0.39, 0.29) is 11.1 Å². The van der Waals surface area contributed by atoms with Gasteiger partial charge in [0.05, 0.1) is 11.1 Å². The smallest absolute Gasteiger partial charge is 0.241 e. The highest BCUT2D eigenvalue weighted by atomic mass is 17.2. The van der Waals surface area contributed by atoms with Crippen LogP contribution >= 0.6 is 0 Å². The zero-order chi connectivity index (χ0) is 10.1. The summed E-state index contributed by atoms with van der Waals surface area (Å²) in [5.74, 6) is -1.37. The summed E-state index contributed by atoms with van der Waals surface area (Å²) in [5, 5.41) is 0. The molecule has 0 fully saturated rings. The van der Waals surface area contributed by atoms with Crippen molar-refractivity contribution in [2.24, 2.45) is 0 Å². The summed E-state index contributed by atoms with van der Waals surface area (Å²) in [4.78, 5) is 31.1. The third-order valence-corrected chi connectivity index (χ3v) is 1.94. The van der Waals surface area contributed by atoms with E-state index in [1.54, 1.807) is 18.2 Å². The van der Waals surface area contributed by atoms with Crippen LogP contribution in [0.25, 0.3) is 6.08 Å². The fraction of sp³-hybridized carbons (Fsp3) is 0. The van der Waals surface area contributed by atoms with Crippen LogP contribution in [-0.4, -0.2) is 11.9 Å². The molecule has 0 saturated heterocycles. The maximum atomic E-state index is 11.3. The van der Waals surface area contributed by atoms with Gasteiger partial charge in [0.25, 0.3) is 0 Å². The molecule has 0 radical (unpaired) electrons. The molecule has 0 unspecified atom stereocenters. The first-order chi connectivity index (χ1) is 6.74. The molecule has 1 aromatic carbocycles. The van der Waals surface area contributed by atoms with E-state index < -0.39 is 11.9 Å². The van der Waals surface area contributed by atoms with Gasteiger partial charge in [-0.25, -0.2) is 19.4 Å². The Hall–Kier alpha value is -2.10. The number of carbonyl (C=O) groups excluding carboxylic acids is 2. The van der Waals surface area contributed by atoms with Gasteiger partial charge in [-0.1, -0.05) is 18.7 Å². The standard InChI is InChI=1S/C10H6O4/c1-2-6-7-4-3-5-8(6)10(12)14-13-9(7)11/h2-5H,1H2. The summed E-state index contributed by atoms with van der Waals surface area (Å²) in [6, 6.07) is 4.68. The molecule has 2 bridgehead atoms. The average Bonchev–Trinajstić information content (AvgIpc) is 2.28. The van der Waals surface area contributed by atoms with Gasteiger partial charge in [0.2, 0.25) is 0 Å². The van der Waals surface area contributed by atoms with Gasteiger partial charge in [-0.15, -0.1) is 0 Å². The van der Waals surface area contributed by atoms with Gasteiger partial charge in [0.1, 0.15) is 0 Å². The third-order valence-electron chi connectivity index (χ3n) is 1.94. The Morgan fingerprint density at radius 3 is 2.00 bits per heavy atom. The minimum absolute atomic E-state index is 0.281. The van der Waals surface area contributed by atoms with Crippen molar-refractivity contribution >= 4 is 18.0 Å². The molecule has 2 rings (SSSR count). The molecule has 0 aliphatic carbocycles. The first-order valence-corrected chi connectivity index (χ1v) is 3.92. The van der Waals surface area contributed by atoms with Gasteiger partial charge in [-0.2, -0.15) is 0 Å². The predicted molar refractivity (Wildman–Crippen MR) is 47.4 cm³/mol. The number of carbonyl (C=O) groups is 2. The van der Waals surface area contributed by atoms with Crippen molar-refractivity contribution in [3.8, 4) is 0 Å². The summed E-state index contributed by atoms with van der Waals surface area (Å²) in [5.41, 5.74) is 1.01. The Labute approximate surface area is 79.7 Å². The van der Waals surface area contributed by atoms with E-state index in [4.69, 9.17) is 0 Å². The second-order valence-corrected chi connectivity index (χ2v) is 2.71. The van der Waals surface area contributed by atoms with Crippen LogP contribution in [0, 0.1) is 0 Å². The lowest BCUT2D eigenvalue weighted by Gasteiger charge is -1.99. The fourth-order valence-corrected chi connectivity index (χ4v) is 1.31. The molecule has 1 heterocycles. The zero-order valence-electron chi connectivity index (χ0n) is 7.15. The number of fused-ring (bicyclic) bond motifs is 2. The fourth-order valence-electron chi connectivity index (χ4n) is 1.31. The molecular weight excluding hydrogens is 184 g/mol. The maximum Gasteiger partial charge on any atom is 0.386 e. The van der Waals surface area contributed by atoms with Crippen molar-refractivity contribution in [2.45, 2.75) is 0 Å². The minimum atomic E-state index is -0.687. The highest BCUT2D eigenvalue weighted by Gasteiger charge is 2.25. The molecule has 0 N–H and O–H groups in total. The number of benzene rings is 1. The molecule has 0 aromatic heterocycles. The molecule has 0 atom stereocenters. The first kappa shape index (κ1) is 8.50. The van der Waals surface area contributed by atoms with Crippen molar-refractivity contribution in [1.29, 1.82) is 0 Å². The molecule has 0 saturated carbocycles. The van der Waals surface area contributed by atoms with Crippen LogP contribution in [0.1, 0.15) is 26.3 Å². The lowest BCUT2D eigenvalue weighted by Crippen LogP contribution is -2.05. The number of hydrogen-bond acceptors (Lipinski definition) is 4. The van der Waals surface area contributed by atoms with Crippen molar-refractivity contribution in [3.05, 3.63) is 41.5 Å². The summed E-state index contributed by atoms with van der Waals surface area (Å²) in [6.07, 6.45) is 1.43. The van der Waals surface area contributed by atoms with E-state index in [1.807, 2.05) is 0 Å². The van der Waals surface area contributed by atoms with Gasteiger partial charge in [0, 0.05) is 5.56 Å². The summed E-state index contributed by atoms with van der Waals surface area (Å²) in [7, 11) is 0. The molecule has 1 aliphatic heterocycles. The van der Waals surface area contributed by atoms with Gasteiger partial charge in [0.15, 0.2) is 0 Å². The molecule has 1 aromatic rings. The Balaban J connectivity index is 2.75. The second kappa shape index (κ2) is 2.99. The van der Waals surface area contributed by atoms with Gasteiger partial charge >= 0.3 is 11.9 Å². The maximum absolute atomic E-state index is 11.3. The highest BCUT2D eigenvalue weighted by Crippen LogP contribution is 2.21. The zero-order valence-corrected chi connectivity index (χ0v) is 7.15. The normalized spacial score (nSPS) is 14.0. The number of hydrogen-bond donors (Lipinski definition) is 0. The Bertz CT molecular complexity index is 399. The lowest BCUT2D eigenvalue weighted by molar-refractivity contribution is -0.186. The van der Waals surface area contributed by atoms with Crippen molar-refractivity contribution in [2.75, 3.05) is 0 Å². The highest BCUT2D eigenvalue weighted by molar-refractivity contribution is 6.03. The molecule has 0 spiro atoms. The van der Waals surface area contributed by atoms with E-state index in [9.17, 15) is 9.59 Å². The average molecular weight is 190 g/mol. The third kappa shape index (κ3) is 1.08. The van der Waals surface area contributed by atoms with Gasteiger partial charge < -0.3 is 0 Å². The van der Waals surface area contributed by atoms with Crippen molar-refractivity contribution in [3.63, 3.8) is 0 Å². The van der Waals surface area contributed by atoms with Gasteiger partial charge in [-0.05, 0) is 12.1 Å². The molecule has 1 aliphatic rings. The molecule has 4 heteroatoms. The number of rotatable bonds is 1. The quantitative estimate of drug-likeness (QED) is 0.631. The first-order valence-electron chi connectivity index (χ1n) is 3.92. The van der Waals surface area contributed by atoms with Crippen LogP contribution in [0.4, 0.5) is 0 Å². The lowest BCUT2D eigenvalue weighted by atomic mass is 10.0. The largest absolute Gasteiger partial charge is 0.386 e. The minimum Gasteiger partial charge on any atom is -0.241 e. The van der Waals surface area contributed by atoms with E-state index in [0.717, 1.165) is 0 Å². The van der Waals surface area contributed by atoms with Crippen LogP contribution in [-0.2, 0) is 9.78 Å². The second-order valence-electron chi connectivity index (χ2n) is 2.71. The van der Waals surface area contributed by atoms with Crippen LogP contribution in [0.3, 0.4) is 0 Å². The van der Waals surface area contributed by atoms with Crippen LogP contribution < -0.4 is 0 Å². The topological polar surface area (TPSA) is 52.6 Å². The summed E-state index contributed by atoms with van der Waals surface area (Å²) >= 11 is 0. The molecule has 4 nitrogen and oxygen atoms in total. The Kier molecular flexibility index (Phi) is 1.81. The van der Waals surface area contributed by atoms with E-state index >= 15 is 0 Å². The van der Waals surface area contributed by atoms with Crippen molar-refractivity contribution in [1.82, 2.24) is 0 Å². The predicted octanol–water partition coefficient (Wildman–Crippen LogP) is 1.57. The Morgan fingerprint density at radius 2 is 1.57 bits per heavy atom. The van der Waals surface area contributed by atoms with Crippen LogP contribution in [0.15, 0.2) is 24.8 Å². The molecule has 14 heavy (non-hydrogen) atoms. The molecular formula is C10H6O4. The SMILES string of the molecule is C=Cc1c2cccc1C(=O)OOC2=O. The van der Waals surface area contributed by atoms with Crippen molar-refractivity contribution < 1.29 is 19.4 Å². The van der Waals surface area contributed by atoms with E-state index in [0.29, 0.717) is 5.56 Å². The van der Waals surface area contributed by atoms with Crippen LogP contribution in [0.5, 0.6) is 0 Å². The summed E-state index contributed by atoms with van der Waals surface area (Å²) < 4.78 is 0. The van der Waals surface area contributed by atoms with Gasteiger partial charge in [-0.3, -0.25) is 0 Å². The summed E-state index contributed by atoms with van der Waals surface area (Å²) in [6.45, 7) is 3.53. The van der Waals surface area contributed by atoms with E-state index in [1.165, 1.54) is 6.08 Å².